The molecule has 6 heterocycles. The number of hydrogen-bond acceptors (Lipinski definition) is 6. The molecule has 0 saturated carbocycles. The van der Waals surface area contributed by atoms with Gasteiger partial charge in [-0.3, -0.25) is 19.7 Å². The third kappa shape index (κ3) is 4.71. The Labute approximate surface area is 215 Å². The van der Waals surface area contributed by atoms with Crippen molar-refractivity contribution >= 4 is 17.1 Å². The number of carbonyl (C=O) groups excluding carboxylic acids is 1. The van der Waals surface area contributed by atoms with Gasteiger partial charge in [-0.2, -0.15) is 0 Å². The van der Waals surface area contributed by atoms with E-state index in [1.165, 1.54) is 0 Å². The molecule has 2 aliphatic heterocycles. The molecule has 0 radical (unpaired) electrons. The first-order chi connectivity index (χ1) is 18.1. The highest BCUT2D eigenvalue weighted by Gasteiger charge is 2.45. The lowest BCUT2D eigenvalue weighted by atomic mass is 9.90. The number of likely N-dealkylation sites (tertiary alicyclic amines) is 2. The van der Waals surface area contributed by atoms with Crippen LogP contribution >= 0.6 is 0 Å². The molecule has 37 heavy (non-hydrogen) atoms. The molecule has 2 saturated heterocycles. The van der Waals surface area contributed by atoms with Crippen LogP contribution in [0.3, 0.4) is 0 Å². The number of hydrogen-bond donors (Lipinski definition) is 0. The van der Waals surface area contributed by atoms with Crippen LogP contribution in [0, 0.1) is 0 Å². The van der Waals surface area contributed by atoms with E-state index in [-0.39, 0.29) is 24.8 Å². The lowest BCUT2D eigenvalue weighted by Crippen LogP contribution is -2.53. The van der Waals surface area contributed by atoms with E-state index in [0.717, 1.165) is 47.6 Å². The average molecular weight is 500 g/mol. The Morgan fingerprint density at radius 2 is 1.68 bits per heavy atom. The number of alkyl halides is 1. The van der Waals surface area contributed by atoms with Crippen LogP contribution in [0.5, 0.6) is 0 Å². The molecule has 0 atom stereocenters. The maximum atomic E-state index is 15.9. The molecule has 0 unspecified atom stereocenters. The van der Waals surface area contributed by atoms with Gasteiger partial charge < -0.3 is 9.47 Å². The topological polar surface area (TPSA) is 80.0 Å². The maximum absolute atomic E-state index is 15.9. The first-order valence-electron chi connectivity index (χ1n) is 12.9. The van der Waals surface area contributed by atoms with Gasteiger partial charge in [-0.15, -0.1) is 0 Å². The minimum Gasteiger partial charge on any atom is -0.340 e. The molecule has 0 aliphatic carbocycles. The lowest BCUT2D eigenvalue weighted by Gasteiger charge is -2.40. The normalized spacial score (nSPS) is 18.8. The van der Waals surface area contributed by atoms with Crippen molar-refractivity contribution in [2.24, 2.45) is 0 Å². The Morgan fingerprint density at radius 3 is 2.41 bits per heavy atom. The zero-order chi connectivity index (χ0) is 25.2. The highest BCUT2D eigenvalue weighted by atomic mass is 19.1. The first kappa shape index (κ1) is 23.7. The van der Waals surface area contributed by atoms with Crippen LogP contribution in [-0.4, -0.2) is 72.1 Å². The molecular weight excluding hydrogens is 469 g/mol. The van der Waals surface area contributed by atoms with Crippen molar-refractivity contribution in [2.75, 3.05) is 26.2 Å². The summed E-state index contributed by atoms with van der Waals surface area (Å²) in [6.07, 6.45) is 8.98. The van der Waals surface area contributed by atoms with Crippen LogP contribution in [-0.2, 0) is 11.3 Å². The second-order valence-corrected chi connectivity index (χ2v) is 9.99. The molecule has 0 spiro atoms. The molecule has 2 aliphatic rings. The minimum absolute atomic E-state index is 0.110. The second kappa shape index (κ2) is 9.97. The van der Waals surface area contributed by atoms with Crippen LogP contribution in [0.25, 0.3) is 22.7 Å². The van der Waals surface area contributed by atoms with Crippen molar-refractivity contribution in [3.63, 3.8) is 0 Å². The Bertz CT molecular complexity index is 1360. The second-order valence-electron chi connectivity index (χ2n) is 9.99. The summed E-state index contributed by atoms with van der Waals surface area (Å²) in [5.41, 5.74) is 1.80. The molecular formula is C28H30FN7O. The fourth-order valence-electron chi connectivity index (χ4n) is 5.59. The van der Waals surface area contributed by atoms with E-state index >= 15 is 4.39 Å². The molecule has 6 rings (SSSR count). The van der Waals surface area contributed by atoms with E-state index in [0.29, 0.717) is 26.2 Å². The molecule has 4 aromatic rings. The molecule has 4 aromatic heterocycles. The monoisotopic (exact) mass is 499 g/mol. The van der Waals surface area contributed by atoms with E-state index in [1.54, 1.807) is 29.7 Å². The van der Waals surface area contributed by atoms with Gasteiger partial charge in [0.25, 0.3) is 5.91 Å². The maximum Gasteiger partial charge on any atom is 0.260 e. The number of rotatable bonds is 5. The van der Waals surface area contributed by atoms with Crippen LogP contribution < -0.4 is 0 Å². The lowest BCUT2D eigenvalue weighted by molar-refractivity contribution is -0.148. The SMILES string of the molecule is O=C(N1CCC(n2c(-c3ccccn3)nc3cccnc32)CC1)C1(F)CCN(Cc2ccncc2)CC1. The van der Waals surface area contributed by atoms with Gasteiger partial charge >= 0.3 is 0 Å². The largest absolute Gasteiger partial charge is 0.340 e. The van der Waals surface area contributed by atoms with Gasteiger partial charge in [-0.05, 0) is 54.8 Å². The third-order valence-corrected chi connectivity index (χ3v) is 7.65. The Balaban J connectivity index is 1.13. The molecule has 0 bridgehead atoms. The predicted molar refractivity (Wildman–Crippen MR) is 138 cm³/mol. The molecule has 0 aromatic carbocycles. The Hall–Kier alpha value is -3.72. The fourth-order valence-corrected chi connectivity index (χ4v) is 5.59. The summed E-state index contributed by atoms with van der Waals surface area (Å²) < 4.78 is 18.0. The molecule has 0 N–H and O–H groups in total. The quantitative estimate of drug-likeness (QED) is 0.412. The van der Waals surface area contributed by atoms with Gasteiger partial charge in [0.2, 0.25) is 0 Å². The molecule has 1 amide bonds. The Kier molecular flexibility index (Phi) is 6.38. The summed E-state index contributed by atoms with van der Waals surface area (Å²) in [6.45, 7) is 2.93. The van der Waals surface area contributed by atoms with Gasteiger partial charge in [-0.25, -0.2) is 14.4 Å². The third-order valence-electron chi connectivity index (χ3n) is 7.65. The van der Waals surface area contributed by atoms with Crippen molar-refractivity contribution in [3.05, 3.63) is 72.8 Å². The van der Waals surface area contributed by atoms with E-state index in [2.05, 4.69) is 24.4 Å². The summed E-state index contributed by atoms with van der Waals surface area (Å²) in [4.78, 5) is 35.2. The van der Waals surface area contributed by atoms with Crippen molar-refractivity contribution in [1.82, 2.24) is 34.3 Å². The summed E-state index contributed by atoms with van der Waals surface area (Å²) in [6, 6.07) is 13.7. The molecule has 2 fully saturated rings. The van der Waals surface area contributed by atoms with Gasteiger partial charge in [-0.1, -0.05) is 6.07 Å². The summed E-state index contributed by atoms with van der Waals surface area (Å²) in [5.74, 6) is 0.427. The van der Waals surface area contributed by atoms with Crippen LogP contribution in [0.2, 0.25) is 0 Å². The zero-order valence-corrected chi connectivity index (χ0v) is 20.7. The summed E-state index contributed by atoms with van der Waals surface area (Å²) in [5, 5.41) is 0. The van der Waals surface area contributed by atoms with Crippen LogP contribution in [0.15, 0.2) is 67.3 Å². The molecule has 8 nitrogen and oxygen atoms in total. The highest BCUT2D eigenvalue weighted by molar-refractivity contribution is 5.85. The number of aromatic nitrogens is 5. The van der Waals surface area contributed by atoms with Gasteiger partial charge in [0, 0.05) is 76.4 Å². The predicted octanol–water partition coefficient (Wildman–Crippen LogP) is 4.06. The van der Waals surface area contributed by atoms with Crippen molar-refractivity contribution < 1.29 is 9.18 Å². The van der Waals surface area contributed by atoms with Gasteiger partial charge in [0.1, 0.15) is 11.2 Å². The van der Waals surface area contributed by atoms with E-state index < -0.39 is 5.67 Å². The standard InChI is InChI=1S/C28H30FN7O/c29-28(10-18-34(19-11-28)20-21-6-14-30-15-7-21)27(37)35-16-8-22(9-17-35)36-25-24(5-3-13-32-25)33-26(36)23-4-1-2-12-31-23/h1-7,12-15,22H,8-11,16-20H2. The van der Waals surface area contributed by atoms with Crippen LogP contribution in [0.4, 0.5) is 4.39 Å². The van der Waals surface area contributed by atoms with E-state index in [1.807, 2.05) is 42.5 Å². The number of carbonyl (C=O) groups is 1. The van der Waals surface area contributed by atoms with Gasteiger partial charge in [0.05, 0.1) is 0 Å². The Morgan fingerprint density at radius 1 is 0.919 bits per heavy atom. The highest BCUT2D eigenvalue weighted by Crippen LogP contribution is 2.35. The van der Waals surface area contributed by atoms with Crippen molar-refractivity contribution in [3.8, 4) is 11.5 Å². The zero-order valence-electron chi connectivity index (χ0n) is 20.7. The van der Waals surface area contributed by atoms with E-state index in [9.17, 15) is 4.79 Å². The first-order valence-corrected chi connectivity index (χ1v) is 12.9. The number of pyridine rings is 3. The average Bonchev–Trinajstić information content (AvgIpc) is 3.35. The smallest absolute Gasteiger partial charge is 0.260 e. The number of nitrogens with zero attached hydrogens (tertiary/aromatic N) is 7. The minimum atomic E-state index is -1.79. The van der Waals surface area contributed by atoms with Crippen LogP contribution in [0.1, 0.15) is 37.3 Å². The summed E-state index contributed by atoms with van der Waals surface area (Å²) >= 11 is 0. The number of piperidine rings is 2. The van der Waals surface area contributed by atoms with Crippen molar-refractivity contribution in [1.29, 1.82) is 0 Å². The number of fused-ring (bicyclic) bond motifs is 1. The van der Waals surface area contributed by atoms with Crippen molar-refractivity contribution in [2.45, 2.75) is 43.9 Å². The summed E-state index contributed by atoms with van der Waals surface area (Å²) in [7, 11) is 0. The van der Waals surface area contributed by atoms with Gasteiger partial charge in [0.15, 0.2) is 17.1 Å². The number of imidazole rings is 1. The molecule has 190 valence electrons. The molecule has 9 heteroatoms. The fraction of sp³-hybridized carbons (Fsp3) is 0.393. The van der Waals surface area contributed by atoms with E-state index in [4.69, 9.17) is 4.98 Å². The number of halogens is 1. The number of amides is 1.